The number of fused-ring (bicyclic) bond motifs is 1. The fraction of sp³-hybridized carbons (Fsp3) is 0.571. The molecule has 21 heavy (non-hydrogen) atoms. The monoisotopic (exact) mass is 377 g/mol. The van der Waals surface area contributed by atoms with Gasteiger partial charge in [0.1, 0.15) is 10.7 Å². The van der Waals surface area contributed by atoms with Gasteiger partial charge in [0.15, 0.2) is 0 Å². The Kier molecular flexibility index (Phi) is 4.36. The molecular weight excluding hydrogens is 361 g/mol. The molecule has 1 aromatic carbocycles. The minimum Gasteiger partial charge on any atom is -0.375 e. The number of hydrogen-bond acceptors (Lipinski definition) is 3. The fourth-order valence-electron chi connectivity index (χ4n) is 3.17. The van der Waals surface area contributed by atoms with Crippen LogP contribution in [0.25, 0.3) is 0 Å². The molecule has 2 fully saturated rings. The highest BCUT2D eigenvalue weighted by Gasteiger charge is 2.41. The lowest BCUT2D eigenvalue weighted by Gasteiger charge is -2.42. The van der Waals surface area contributed by atoms with Crippen LogP contribution >= 0.6 is 15.9 Å². The van der Waals surface area contributed by atoms with Gasteiger partial charge < -0.3 is 4.74 Å². The summed E-state index contributed by atoms with van der Waals surface area (Å²) in [6, 6.07) is 3.89. The molecule has 1 saturated heterocycles. The Balaban J connectivity index is 1.96. The van der Waals surface area contributed by atoms with Crippen molar-refractivity contribution in [2.24, 2.45) is 0 Å². The van der Waals surface area contributed by atoms with Gasteiger partial charge in [0.2, 0.25) is 10.0 Å². The van der Waals surface area contributed by atoms with Crippen molar-refractivity contribution < 1.29 is 17.5 Å². The normalized spacial score (nSPS) is 27.3. The van der Waals surface area contributed by atoms with Crippen molar-refractivity contribution in [1.82, 2.24) is 4.31 Å². The van der Waals surface area contributed by atoms with Gasteiger partial charge in [-0.1, -0.05) is 28.8 Å². The average Bonchev–Trinajstić information content (AvgIpc) is 2.46. The van der Waals surface area contributed by atoms with Crippen LogP contribution in [0.3, 0.4) is 0 Å². The van der Waals surface area contributed by atoms with Crippen LogP contribution in [0, 0.1) is 5.82 Å². The Hall–Kier alpha value is -0.500. The number of hydrogen-bond donors (Lipinski definition) is 0. The molecule has 0 N–H and O–H groups in total. The first kappa shape index (κ1) is 15.4. The number of rotatable bonds is 2. The second kappa shape index (κ2) is 5.95. The summed E-state index contributed by atoms with van der Waals surface area (Å²) in [5.74, 6) is -0.719. The maximum atomic E-state index is 14.1. The molecule has 2 atom stereocenters. The highest BCUT2D eigenvalue weighted by molar-refractivity contribution is 9.10. The summed E-state index contributed by atoms with van der Waals surface area (Å²) in [4.78, 5) is -0.253. The lowest BCUT2D eigenvalue weighted by atomic mass is 9.91. The van der Waals surface area contributed by atoms with Crippen molar-refractivity contribution >= 4 is 26.0 Å². The Morgan fingerprint density at radius 3 is 2.81 bits per heavy atom. The summed E-state index contributed by atoms with van der Waals surface area (Å²) >= 11 is 3.15. The molecule has 0 aromatic heterocycles. The van der Waals surface area contributed by atoms with E-state index in [4.69, 9.17) is 4.74 Å². The van der Waals surface area contributed by atoms with E-state index in [2.05, 4.69) is 15.9 Å². The molecule has 0 amide bonds. The lowest BCUT2D eigenvalue weighted by molar-refractivity contribution is -0.0586. The molecule has 0 spiro atoms. The van der Waals surface area contributed by atoms with Crippen LogP contribution in [0.15, 0.2) is 27.6 Å². The zero-order valence-corrected chi connectivity index (χ0v) is 13.9. The van der Waals surface area contributed by atoms with Gasteiger partial charge in [0.05, 0.1) is 18.8 Å². The van der Waals surface area contributed by atoms with E-state index in [1.165, 1.54) is 16.4 Å². The van der Waals surface area contributed by atoms with Crippen molar-refractivity contribution in [3.63, 3.8) is 0 Å². The van der Waals surface area contributed by atoms with E-state index in [1.807, 2.05) is 0 Å². The van der Waals surface area contributed by atoms with Crippen molar-refractivity contribution in [3.8, 4) is 0 Å². The topological polar surface area (TPSA) is 46.6 Å². The number of halogens is 2. The van der Waals surface area contributed by atoms with Crippen molar-refractivity contribution in [3.05, 3.63) is 28.5 Å². The number of sulfonamides is 1. The van der Waals surface area contributed by atoms with Gasteiger partial charge in [-0.2, -0.15) is 4.31 Å². The van der Waals surface area contributed by atoms with Crippen LogP contribution in [0.4, 0.5) is 4.39 Å². The van der Waals surface area contributed by atoms with Gasteiger partial charge in [-0.3, -0.25) is 0 Å². The van der Waals surface area contributed by atoms with Crippen LogP contribution in [0.5, 0.6) is 0 Å². The summed E-state index contributed by atoms with van der Waals surface area (Å²) in [6.45, 7) is 0.664. The summed E-state index contributed by atoms with van der Waals surface area (Å²) in [6.07, 6.45) is 3.64. The fourth-order valence-corrected chi connectivity index (χ4v) is 5.21. The van der Waals surface area contributed by atoms with E-state index in [0.29, 0.717) is 17.6 Å². The molecule has 1 aromatic rings. The number of ether oxygens (including phenoxy) is 1. The lowest BCUT2D eigenvalue weighted by Crippen LogP contribution is -2.54. The summed E-state index contributed by atoms with van der Waals surface area (Å²) < 4.78 is 47.3. The molecular formula is C14H17BrFNO3S. The van der Waals surface area contributed by atoms with Crippen molar-refractivity contribution in [2.45, 2.75) is 42.7 Å². The molecule has 0 bridgehead atoms. The van der Waals surface area contributed by atoms with E-state index in [9.17, 15) is 12.8 Å². The minimum atomic E-state index is -3.82. The smallest absolute Gasteiger partial charge is 0.246 e. The number of morpholine rings is 1. The van der Waals surface area contributed by atoms with Crippen LogP contribution in [0.2, 0.25) is 0 Å². The molecule has 0 radical (unpaired) electrons. The first-order chi connectivity index (χ1) is 10.00. The highest BCUT2D eigenvalue weighted by Crippen LogP contribution is 2.33. The maximum Gasteiger partial charge on any atom is 0.246 e. The third-order valence-corrected chi connectivity index (χ3v) is 6.61. The molecule has 1 heterocycles. The third-order valence-electron chi connectivity index (χ3n) is 4.16. The highest BCUT2D eigenvalue weighted by atomic mass is 79.9. The largest absolute Gasteiger partial charge is 0.375 e. The van der Waals surface area contributed by atoms with Gasteiger partial charge in [-0.25, -0.2) is 12.8 Å². The van der Waals surface area contributed by atoms with Crippen molar-refractivity contribution in [1.29, 1.82) is 0 Å². The second-order valence-electron chi connectivity index (χ2n) is 5.45. The maximum absolute atomic E-state index is 14.1. The van der Waals surface area contributed by atoms with Gasteiger partial charge in [0, 0.05) is 11.0 Å². The summed E-state index contributed by atoms with van der Waals surface area (Å²) in [5, 5.41) is 0. The summed E-state index contributed by atoms with van der Waals surface area (Å²) in [5.41, 5.74) is 0. The molecule has 2 aliphatic rings. The molecule has 4 nitrogen and oxygen atoms in total. The molecule has 1 saturated carbocycles. The zero-order chi connectivity index (χ0) is 15.0. The molecule has 116 valence electrons. The van der Waals surface area contributed by atoms with E-state index in [0.717, 1.165) is 25.7 Å². The zero-order valence-electron chi connectivity index (χ0n) is 11.5. The van der Waals surface area contributed by atoms with E-state index < -0.39 is 15.8 Å². The summed E-state index contributed by atoms with van der Waals surface area (Å²) in [7, 11) is -3.82. The SMILES string of the molecule is O=S(=O)(c1ccc(Br)cc1F)N1CCOC2CCCCC21. The Bertz CT molecular complexity index is 635. The van der Waals surface area contributed by atoms with Gasteiger partial charge in [-0.05, 0) is 31.0 Å². The molecule has 7 heteroatoms. The van der Waals surface area contributed by atoms with Crippen LogP contribution in [-0.2, 0) is 14.8 Å². The second-order valence-corrected chi connectivity index (χ2v) is 8.23. The third kappa shape index (κ3) is 2.88. The minimum absolute atomic E-state index is 0.0548. The first-order valence-electron chi connectivity index (χ1n) is 7.08. The first-order valence-corrected chi connectivity index (χ1v) is 9.32. The Labute approximate surface area is 132 Å². The van der Waals surface area contributed by atoms with Crippen molar-refractivity contribution in [2.75, 3.05) is 13.2 Å². The Morgan fingerprint density at radius 1 is 1.29 bits per heavy atom. The number of nitrogens with zero attached hydrogens (tertiary/aromatic N) is 1. The van der Waals surface area contributed by atoms with Gasteiger partial charge >= 0.3 is 0 Å². The molecule has 1 aliphatic heterocycles. The quantitative estimate of drug-likeness (QED) is 0.795. The van der Waals surface area contributed by atoms with E-state index in [1.54, 1.807) is 6.07 Å². The van der Waals surface area contributed by atoms with Gasteiger partial charge in [-0.15, -0.1) is 0 Å². The van der Waals surface area contributed by atoms with Crippen LogP contribution in [0.1, 0.15) is 25.7 Å². The average molecular weight is 378 g/mol. The standard InChI is InChI=1S/C14H17BrFNO3S/c15-10-5-6-14(11(16)9-10)21(18,19)17-7-8-20-13-4-2-1-3-12(13)17/h5-6,9,12-13H,1-4,7-8H2. The number of benzene rings is 1. The molecule has 3 rings (SSSR count). The Morgan fingerprint density at radius 2 is 2.05 bits per heavy atom. The van der Waals surface area contributed by atoms with Crippen LogP contribution in [-0.4, -0.2) is 38.0 Å². The predicted octanol–water partition coefficient (Wildman–Crippen LogP) is 2.92. The van der Waals surface area contributed by atoms with E-state index >= 15 is 0 Å². The predicted molar refractivity (Wildman–Crippen MR) is 80.0 cm³/mol. The van der Waals surface area contributed by atoms with Gasteiger partial charge in [0.25, 0.3) is 0 Å². The van der Waals surface area contributed by atoms with E-state index in [-0.39, 0.29) is 17.0 Å². The molecule has 2 unspecified atom stereocenters. The van der Waals surface area contributed by atoms with Crippen LogP contribution < -0.4 is 0 Å². The molecule has 1 aliphatic carbocycles.